The van der Waals surface area contributed by atoms with Gasteiger partial charge in [0, 0.05) is 23.5 Å². The highest BCUT2D eigenvalue weighted by Gasteiger charge is 2.13. The second-order valence-corrected chi connectivity index (χ2v) is 6.93. The van der Waals surface area contributed by atoms with Gasteiger partial charge in [-0.1, -0.05) is 0 Å². The highest BCUT2D eigenvalue weighted by atomic mass is 32.1. The summed E-state index contributed by atoms with van der Waals surface area (Å²) in [5.41, 5.74) is 0. The molecular formula is C11H9NOS3. The summed E-state index contributed by atoms with van der Waals surface area (Å²) in [4.78, 5) is 13.7. The Balaban J connectivity index is 2.31. The zero-order valence-electron chi connectivity index (χ0n) is 8.81. The van der Waals surface area contributed by atoms with Gasteiger partial charge in [0.15, 0.2) is 6.29 Å². The molecule has 82 valence electrons. The van der Waals surface area contributed by atoms with Crippen molar-refractivity contribution < 1.29 is 4.79 Å². The smallest absolute Gasteiger partial charge is 0.160 e. The van der Waals surface area contributed by atoms with Crippen molar-refractivity contribution in [1.82, 2.24) is 0 Å². The van der Waals surface area contributed by atoms with Crippen LogP contribution in [-0.4, -0.2) is 20.4 Å². The molecule has 0 aromatic carbocycles. The summed E-state index contributed by atoms with van der Waals surface area (Å²) in [6.45, 7) is 0. The molecule has 0 saturated heterocycles. The molecule has 0 aliphatic carbocycles. The molecule has 0 bridgehead atoms. The molecule has 0 N–H and O–H groups in total. The molecule has 0 spiro atoms. The van der Waals surface area contributed by atoms with Crippen LogP contribution in [0.1, 0.15) is 9.67 Å². The van der Waals surface area contributed by atoms with Crippen molar-refractivity contribution >= 4 is 64.1 Å². The molecule has 3 rings (SSSR count). The summed E-state index contributed by atoms with van der Waals surface area (Å²) in [6.07, 6.45) is 0.934. The Morgan fingerprint density at radius 2 is 1.75 bits per heavy atom. The van der Waals surface area contributed by atoms with Crippen molar-refractivity contribution in [2.75, 3.05) is 19.0 Å². The summed E-state index contributed by atoms with van der Waals surface area (Å²) in [5, 5.41) is 1.27. The van der Waals surface area contributed by atoms with Gasteiger partial charge in [0.25, 0.3) is 0 Å². The maximum absolute atomic E-state index is 10.7. The van der Waals surface area contributed by atoms with Crippen LogP contribution < -0.4 is 4.90 Å². The summed E-state index contributed by atoms with van der Waals surface area (Å²) in [5.74, 6) is 0. The van der Waals surface area contributed by atoms with Crippen LogP contribution in [0.5, 0.6) is 0 Å². The average molecular weight is 267 g/mol. The maximum Gasteiger partial charge on any atom is 0.160 e. The predicted molar refractivity (Wildman–Crippen MR) is 74.8 cm³/mol. The first-order valence-electron chi connectivity index (χ1n) is 4.77. The van der Waals surface area contributed by atoms with Gasteiger partial charge in [-0.2, -0.15) is 0 Å². The van der Waals surface area contributed by atoms with Gasteiger partial charge in [-0.15, -0.1) is 34.0 Å². The van der Waals surface area contributed by atoms with Crippen LogP contribution in [0.4, 0.5) is 5.00 Å². The molecule has 3 heterocycles. The number of carbonyl (C=O) groups is 1. The van der Waals surface area contributed by atoms with E-state index in [4.69, 9.17) is 0 Å². The fourth-order valence-corrected chi connectivity index (χ4v) is 5.38. The lowest BCUT2D eigenvalue weighted by Gasteiger charge is -2.06. The average Bonchev–Trinajstić information content (AvgIpc) is 2.85. The van der Waals surface area contributed by atoms with Crippen LogP contribution in [0.25, 0.3) is 18.8 Å². The van der Waals surface area contributed by atoms with Crippen LogP contribution in [0.3, 0.4) is 0 Å². The van der Waals surface area contributed by atoms with E-state index < -0.39 is 0 Å². The monoisotopic (exact) mass is 267 g/mol. The molecule has 0 fully saturated rings. The molecule has 0 radical (unpaired) electrons. The molecule has 0 unspecified atom stereocenters. The Morgan fingerprint density at radius 3 is 2.44 bits per heavy atom. The second-order valence-electron chi connectivity index (χ2n) is 3.73. The number of carbonyl (C=O) groups excluding carboxylic acids is 1. The van der Waals surface area contributed by atoms with Crippen LogP contribution >= 0.6 is 34.0 Å². The maximum atomic E-state index is 10.7. The highest BCUT2D eigenvalue weighted by Crippen LogP contribution is 2.45. The van der Waals surface area contributed by atoms with Gasteiger partial charge in [-0.05, 0) is 12.1 Å². The number of thiophene rings is 3. The SMILES string of the molecule is CN(C)c1cc2sc3cc(C=O)sc3c2s1. The van der Waals surface area contributed by atoms with E-state index in [-0.39, 0.29) is 0 Å². The van der Waals surface area contributed by atoms with Gasteiger partial charge in [-0.3, -0.25) is 4.79 Å². The van der Waals surface area contributed by atoms with E-state index in [1.54, 1.807) is 34.0 Å². The van der Waals surface area contributed by atoms with Gasteiger partial charge >= 0.3 is 0 Å². The Kier molecular flexibility index (Phi) is 2.27. The molecule has 0 atom stereocenters. The molecule has 16 heavy (non-hydrogen) atoms. The summed E-state index contributed by atoms with van der Waals surface area (Å²) >= 11 is 5.16. The molecule has 0 amide bonds. The van der Waals surface area contributed by atoms with E-state index in [1.807, 2.05) is 6.07 Å². The lowest BCUT2D eigenvalue weighted by molar-refractivity contribution is 0.112. The third-order valence-electron chi connectivity index (χ3n) is 2.39. The van der Waals surface area contributed by atoms with Crippen LogP contribution in [0.15, 0.2) is 12.1 Å². The summed E-state index contributed by atoms with van der Waals surface area (Å²) in [6, 6.07) is 4.21. The van der Waals surface area contributed by atoms with E-state index >= 15 is 0 Å². The standard InChI is InChI=1S/C11H9NOS3/c1-12(2)9-4-8-11(16-9)10-7(15-8)3-6(5-13)14-10/h3-5H,1-2H3. The van der Waals surface area contributed by atoms with Gasteiger partial charge < -0.3 is 4.90 Å². The molecule has 3 aromatic heterocycles. The Morgan fingerprint density at radius 1 is 1.06 bits per heavy atom. The predicted octanol–water partition coefficient (Wildman–Crippen LogP) is 4.06. The number of aldehydes is 1. The van der Waals surface area contributed by atoms with Crippen LogP contribution in [0.2, 0.25) is 0 Å². The number of rotatable bonds is 2. The largest absolute Gasteiger partial charge is 0.370 e. The molecule has 0 aliphatic heterocycles. The number of hydrogen-bond donors (Lipinski definition) is 0. The van der Waals surface area contributed by atoms with Crippen molar-refractivity contribution in [2.45, 2.75) is 0 Å². The van der Waals surface area contributed by atoms with Crippen molar-refractivity contribution in [3.8, 4) is 0 Å². The molecule has 5 heteroatoms. The quantitative estimate of drug-likeness (QED) is 0.653. The fourth-order valence-electron chi connectivity index (χ4n) is 1.62. The van der Waals surface area contributed by atoms with Crippen molar-refractivity contribution in [3.63, 3.8) is 0 Å². The first-order valence-corrected chi connectivity index (χ1v) is 7.22. The molecule has 0 aliphatic rings. The number of fused-ring (bicyclic) bond motifs is 3. The van der Waals surface area contributed by atoms with Crippen molar-refractivity contribution in [3.05, 3.63) is 17.0 Å². The topological polar surface area (TPSA) is 20.3 Å². The first-order chi connectivity index (χ1) is 7.69. The second kappa shape index (κ2) is 3.55. The lowest BCUT2D eigenvalue weighted by atomic mass is 10.4. The van der Waals surface area contributed by atoms with Crippen LogP contribution in [-0.2, 0) is 0 Å². The first kappa shape index (κ1) is 10.3. The third-order valence-corrected chi connectivity index (χ3v) is 6.25. The van der Waals surface area contributed by atoms with Gasteiger partial charge in [-0.25, -0.2) is 0 Å². The van der Waals surface area contributed by atoms with Crippen LogP contribution in [0, 0.1) is 0 Å². The van der Waals surface area contributed by atoms with E-state index in [0.29, 0.717) is 0 Å². The minimum absolute atomic E-state index is 0.822. The molecule has 0 saturated carbocycles. The van der Waals surface area contributed by atoms with Gasteiger partial charge in [0.1, 0.15) is 0 Å². The normalized spacial score (nSPS) is 11.4. The van der Waals surface area contributed by atoms with Gasteiger partial charge in [0.2, 0.25) is 0 Å². The number of nitrogens with zero attached hydrogens (tertiary/aromatic N) is 1. The zero-order chi connectivity index (χ0) is 11.3. The molecule has 3 aromatic rings. The Hall–Kier alpha value is -0.910. The molecular weight excluding hydrogens is 258 g/mol. The Bertz CT molecular complexity index is 674. The number of hydrogen-bond acceptors (Lipinski definition) is 5. The summed E-state index contributed by atoms with van der Waals surface area (Å²) < 4.78 is 5.15. The third kappa shape index (κ3) is 1.39. The molecule has 2 nitrogen and oxygen atoms in total. The summed E-state index contributed by atoms with van der Waals surface area (Å²) in [7, 11) is 4.11. The zero-order valence-corrected chi connectivity index (χ0v) is 11.3. The minimum atomic E-state index is 0.822. The van der Waals surface area contributed by atoms with E-state index in [1.165, 1.54) is 23.8 Å². The fraction of sp³-hybridized carbons (Fsp3) is 0.182. The minimum Gasteiger partial charge on any atom is -0.370 e. The lowest BCUT2D eigenvalue weighted by Crippen LogP contribution is -2.05. The Labute approximate surface area is 105 Å². The van der Waals surface area contributed by atoms with Crippen molar-refractivity contribution in [2.24, 2.45) is 0 Å². The van der Waals surface area contributed by atoms with E-state index in [2.05, 4.69) is 25.1 Å². The van der Waals surface area contributed by atoms with Crippen molar-refractivity contribution in [1.29, 1.82) is 0 Å². The highest BCUT2D eigenvalue weighted by molar-refractivity contribution is 7.39. The number of anilines is 1. The van der Waals surface area contributed by atoms with E-state index in [9.17, 15) is 4.79 Å². The van der Waals surface area contributed by atoms with E-state index in [0.717, 1.165) is 11.2 Å². The van der Waals surface area contributed by atoms with Gasteiger partial charge in [0.05, 0.1) is 19.3 Å².